The van der Waals surface area contributed by atoms with E-state index >= 15 is 0 Å². The minimum atomic E-state index is -0.180. The standard InChI is InChI=1S/C22H19ClN2O2S2/c1-3-13(2)25-21(27)19(29-22(25)28)18-16-6-4-5-7-17(16)24(20(18)26)12-14-8-10-15(23)11-9-14/h4-11,13H,3,12H2,1-2H3/b19-18-/t13-/m1/s1. The van der Waals surface area contributed by atoms with Crippen LogP contribution in [0.1, 0.15) is 31.4 Å². The second kappa shape index (κ2) is 7.94. The molecule has 0 aromatic heterocycles. The van der Waals surface area contributed by atoms with Crippen molar-refractivity contribution in [3.05, 3.63) is 69.6 Å². The molecule has 1 atom stereocenters. The van der Waals surface area contributed by atoms with Gasteiger partial charge in [0.25, 0.3) is 11.8 Å². The first-order valence-electron chi connectivity index (χ1n) is 9.37. The average Bonchev–Trinajstić information content (AvgIpc) is 3.16. The number of hydrogen-bond donors (Lipinski definition) is 0. The Morgan fingerprint density at radius 1 is 1.07 bits per heavy atom. The fourth-order valence-electron chi connectivity index (χ4n) is 3.52. The van der Waals surface area contributed by atoms with Gasteiger partial charge < -0.3 is 4.90 Å². The molecule has 0 spiro atoms. The predicted octanol–water partition coefficient (Wildman–Crippen LogP) is 5.26. The van der Waals surface area contributed by atoms with Crippen LogP contribution in [0.15, 0.2) is 53.4 Å². The lowest BCUT2D eigenvalue weighted by Crippen LogP contribution is -2.36. The van der Waals surface area contributed by atoms with Crippen LogP contribution >= 0.6 is 35.6 Å². The first kappa shape index (κ1) is 20.1. The fourth-order valence-corrected chi connectivity index (χ4v) is 5.18. The monoisotopic (exact) mass is 442 g/mol. The molecule has 4 rings (SSSR count). The SMILES string of the molecule is CC[C@@H](C)N1C(=O)/C(=C2/C(=O)N(Cc3ccc(Cl)cc3)c3ccccc32)SC1=S. The molecule has 1 fully saturated rings. The van der Waals surface area contributed by atoms with Gasteiger partial charge in [-0.25, -0.2) is 0 Å². The molecule has 0 radical (unpaired) electrons. The molecule has 148 valence electrons. The van der Waals surface area contributed by atoms with Crippen LogP contribution in [0.5, 0.6) is 0 Å². The number of carbonyl (C=O) groups excluding carboxylic acids is 2. The summed E-state index contributed by atoms with van der Waals surface area (Å²) in [5, 5.41) is 0.649. The van der Waals surface area contributed by atoms with Crippen molar-refractivity contribution in [1.82, 2.24) is 4.90 Å². The van der Waals surface area contributed by atoms with Crippen molar-refractivity contribution in [3.8, 4) is 0 Å². The lowest BCUT2D eigenvalue weighted by molar-refractivity contribution is -0.123. The minimum Gasteiger partial charge on any atom is -0.303 e. The Morgan fingerprint density at radius 2 is 1.76 bits per heavy atom. The summed E-state index contributed by atoms with van der Waals surface area (Å²) in [7, 11) is 0. The number of benzene rings is 2. The largest absolute Gasteiger partial charge is 0.303 e. The first-order valence-corrected chi connectivity index (χ1v) is 11.0. The highest BCUT2D eigenvalue weighted by Gasteiger charge is 2.42. The maximum Gasteiger partial charge on any atom is 0.267 e. The Balaban J connectivity index is 1.77. The zero-order chi connectivity index (χ0) is 20.7. The van der Waals surface area contributed by atoms with Gasteiger partial charge in [0.1, 0.15) is 4.32 Å². The third-order valence-corrected chi connectivity index (χ3v) is 6.89. The van der Waals surface area contributed by atoms with E-state index in [0.717, 1.165) is 23.2 Å². The number of amides is 2. The van der Waals surface area contributed by atoms with Gasteiger partial charge in [0, 0.05) is 16.6 Å². The highest BCUT2D eigenvalue weighted by Crippen LogP contribution is 2.45. The van der Waals surface area contributed by atoms with E-state index in [-0.39, 0.29) is 17.9 Å². The number of thioether (sulfide) groups is 1. The highest BCUT2D eigenvalue weighted by atomic mass is 35.5. The van der Waals surface area contributed by atoms with Gasteiger partial charge in [-0.2, -0.15) is 0 Å². The molecule has 2 aliphatic heterocycles. The van der Waals surface area contributed by atoms with E-state index in [1.807, 2.05) is 62.4 Å². The molecule has 0 aliphatic carbocycles. The van der Waals surface area contributed by atoms with Crippen LogP contribution in [0.4, 0.5) is 5.69 Å². The second-order valence-electron chi connectivity index (χ2n) is 7.04. The normalized spacial score (nSPS) is 19.9. The minimum absolute atomic E-state index is 0.00230. The molecule has 0 N–H and O–H groups in total. The number of para-hydroxylation sites is 1. The lowest BCUT2D eigenvalue weighted by Gasteiger charge is -2.21. The van der Waals surface area contributed by atoms with Gasteiger partial charge in [-0.15, -0.1) is 0 Å². The number of fused-ring (bicyclic) bond motifs is 1. The van der Waals surface area contributed by atoms with E-state index in [9.17, 15) is 9.59 Å². The van der Waals surface area contributed by atoms with Gasteiger partial charge in [0.2, 0.25) is 0 Å². The van der Waals surface area contributed by atoms with E-state index in [2.05, 4.69) is 0 Å². The molecule has 0 unspecified atom stereocenters. The van der Waals surface area contributed by atoms with Crippen LogP contribution in [0.2, 0.25) is 5.02 Å². The van der Waals surface area contributed by atoms with Crippen molar-refractivity contribution in [2.45, 2.75) is 32.9 Å². The van der Waals surface area contributed by atoms with Crippen LogP contribution in [0.25, 0.3) is 5.57 Å². The zero-order valence-corrected chi connectivity index (χ0v) is 18.4. The Kier molecular flexibility index (Phi) is 5.51. The summed E-state index contributed by atoms with van der Waals surface area (Å²) < 4.78 is 0.508. The van der Waals surface area contributed by atoms with Crippen molar-refractivity contribution in [2.24, 2.45) is 0 Å². The maximum atomic E-state index is 13.4. The molecule has 7 heteroatoms. The number of rotatable bonds is 4. The molecule has 1 saturated heterocycles. The third kappa shape index (κ3) is 3.50. The first-order chi connectivity index (χ1) is 13.9. The Hall–Kier alpha value is -2.15. The zero-order valence-electron chi connectivity index (χ0n) is 16.0. The molecule has 0 saturated carbocycles. The fraction of sp³-hybridized carbons (Fsp3) is 0.227. The third-order valence-electron chi connectivity index (χ3n) is 5.23. The van der Waals surface area contributed by atoms with Crippen molar-refractivity contribution >= 4 is 63.0 Å². The Bertz CT molecular complexity index is 1050. The molecule has 2 aromatic carbocycles. The van der Waals surface area contributed by atoms with Crippen molar-refractivity contribution < 1.29 is 9.59 Å². The van der Waals surface area contributed by atoms with Crippen molar-refractivity contribution in [1.29, 1.82) is 0 Å². The van der Waals surface area contributed by atoms with Crippen molar-refractivity contribution in [3.63, 3.8) is 0 Å². The number of halogens is 1. The van der Waals surface area contributed by atoms with E-state index in [4.69, 9.17) is 23.8 Å². The Morgan fingerprint density at radius 3 is 2.45 bits per heavy atom. The molecule has 29 heavy (non-hydrogen) atoms. The predicted molar refractivity (Wildman–Crippen MR) is 123 cm³/mol. The summed E-state index contributed by atoms with van der Waals surface area (Å²) in [6.45, 7) is 4.39. The summed E-state index contributed by atoms with van der Waals surface area (Å²) in [6.07, 6.45) is 0.794. The van der Waals surface area contributed by atoms with Gasteiger partial charge in [0.05, 0.1) is 22.7 Å². The average molecular weight is 443 g/mol. The van der Waals surface area contributed by atoms with E-state index < -0.39 is 0 Å². The molecule has 2 aliphatic rings. The molecule has 2 heterocycles. The lowest BCUT2D eigenvalue weighted by atomic mass is 10.1. The second-order valence-corrected chi connectivity index (χ2v) is 9.12. The molecule has 2 aromatic rings. The van der Waals surface area contributed by atoms with Gasteiger partial charge in [0.15, 0.2) is 0 Å². The highest BCUT2D eigenvalue weighted by molar-refractivity contribution is 8.26. The van der Waals surface area contributed by atoms with E-state index in [0.29, 0.717) is 26.4 Å². The van der Waals surface area contributed by atoms with Gasteiger partial charge >= 0.3 is 0 Å². The smallest absolute Gasteiger partial charge is 0.267 e. The molecular weight excluding hydrogens is 424 g/mol. The van der Waals surface area contributed by atoms with Crippen LogP contribution < -0.4 is 4.90 Å². The molecule has 0 bridgehead atoms. The number of hydrogen-bond acceptors (Lipinski definition) is 4. The number of anilines is 1. The van der Waals surface area contributed by atoms with Crippen LogP contribution in [-0.4, -0.2) is 27.1 Å². The molecule has 4 nitrogen and oxygen atoms in total. The van der Waals surface area contributed by atoms with E-state index in [1.165, 1.54) is 11.8 Å². The van der Waals surface area contributed by atoms with Crippen molar-refractivity contribution in [2.75, 3.05) is 4.90 Å². The molecule has 2 amide bonds. The Labute approximate surface area is 184 Å². The number of carbonyl (C=O) groups is 2. The summed E-state index contributed by atoms with van der Waals surface area (Å²) in [4.78, 5) is 30.3. The van der Waals surface area contributed by atoms with Gasteiger partial charge in [-0.05, 0) is 37.1 Å². The topological polar surface area (TPSA) is 40.6 Å². The van der Waals surface area contributed by atoms with Crippen LogP contribution in [0.3, 0.4) is 0 Å². The van der Waals surface area contributed by atoms with Crippen LogP contribution in [0, 0.1) is 0 Å². The van der Waals surface area contributed by atoms with Gasteiger partial charge in [-0.1, -0.05) is 72.8 Å². The molecular formula is C22H19ClN2O2S2. The summed E-state index contributed by atoms with van der Waals surface area (Å²) in [6, 6.07) is 15.0. The maximum absolute atomic E-state index is 13.4. The number of nitrogens with zero attached hydrogens (tertiary/aromatic N) is 2. The van der Waals surface area contributed by atoms with Gasteiger partial charge in [-0.3, -0.25) is 14.5 Å². The summed E-state index contributed by atoms with van der Waals surface area (Å²) in [5.74, 6) is -0.355. The number of thiocarbonyl (C=S) groups is 1. The summed E-state index contributed by atoms with van der Waals surface area (Å²) in [5.41, 5.74) is 2.98. The van der Waals surface area contributed by atoms with Crippen LogP contribution in [-0.2, 0) is 16.1 Å². The van der Waals surface area contributed by atoms with E-state index in [1.54, 1.807) is 9.80 Å². The summed E-state index contributed by atoms with van der Waals surface area (Å²) >= 11 is 12.7. The quantitative estimate of drug-likeness (QED) is 0.478.